The minimum Gasteiger partial charge on any atom is -0.486 e. The molecule has 0 bridgehead atoms. The molecular weight excluding hydrogens is 378 g/mol. The second kappa shape index (κ2) is 7.86. The lowest BCUT2D eigenvalue weighted by Crippen LogP contribution is -2.23. The summed E-state index contributed by atoms with van der Waals surface area (Å²) in [6.45, 7) is 3.07. The number of aromatic nitrogens is 2. The van der Waals surface area contributed by atoms with E-state index in [2.05, 4.69) is 34.7 Å². The first-order valence-corrected chi connectivity index (χ1v) is 10.5. The van der Waals surface area contributed by atoms with Crippen LogP contribution in [0.15, 0.2) is 48.7 Å². The molecule has 1 atom stereocenters. The fourth-order valence-electron chi connectivity index (χ4n) is 4.38. The fraction of sp³-hybridized carbons (Fsp3) is 0.333. The summed E-state index contributed by atoms with van der Waals surface area (Å²) >= 11 is 0. The molecule has 5 rings (SSSR count). The van der Waals surface area contributed by atoms with Gasteiger partial charge in [0.05, 0.1) is 18.7 Å². The molecule has 2 aliphatic rings. The van der Waals surface area contributed by atoms with Crippen LogP contribution in [-0.4, -0.2) is 28.9 Å². The van der Waals surface area contributed by atoms with Gasteiger partial charge in [0, 0.05) is 5.56 Å². The van der Waals surface area contributed by atoms with E-state index >= 15 is 0 Å². The van der Waals surface area contributed by atoms with Gasteiger partial charge in [0.15, 0.2) is 11.5 Å². The Morgan fingerprint density at radius 3 is 2.90 bits per heavy atom. The maximum atomic E-state index is 12.9. The number of amides is 1. The van der Waals surface area contributed by atoms with Crippen molar-refractivity contribution in [3.8, 4) is 11.5 Å². The summed E-state index contributed by atoms with van der Waals surface area (Å²) in [5, 5.41) is 7.73. The maximum Gasteiger partial charge on any atom is 0.229 e. The van der Waals surface area contributed by atoms with E-state index in [0.717, 1.165) is 42.0 Å². The quantitative estimate of drug-likeness (QED) is 0.713. The Hall–Kier alpha value is -3.28. The molecule has 1 aliphatic heterocycles. The van der Waals surface area contributed by atoms with Crippen molar-refractivity contribution in [3.05, 3.63) is 70.9 Å². The number of nitrogens with one attached hydrogen (secondary N) is 1. The van der Waals surface area contributed by atoms with Gasteiger partial charge in [-0.15, -0.1) is 0 Å². The van der Waals surface area contributed by atoms with Gasteiger partial charge in [0.25, 0.3) is 0 Å². The number of hydrogen-bond acceptors (Lipinski definition) is 4. The third-order valence-electron chi connectivity index (χ3n) is 5.84. The number of benzene rings is 2. The van der Waals surface area contributed by atoms with Crippen molar-refractivity contribution in [1.82, 2.24) is 9.78 Å². The van der Waals surface area contributed by atoms with Gasteiger partial charge in [-0.3, -0.25) is 4.79 Å². The number of carbonyl (C=O) groups is 1. The SMILES string of the molecule is Cc1cnn(C2CCCc3ccccc32)c1NC(=O)Cc1ccc2c(c1)OCCO2. The number of fused-ring (bicyclic) bond motifs is 2. The summed E-state index contributed by atoms with van der Waals surface area (Å²) < 4.78 is 13.2. The van der Waals surface area contributed by atoms with Crippen molar-refractivity contribution in [3.63, 3.8) is 0 Å². The van der Waals surface area contributed by atoms with Crippen molar-refractivity contribution >= 4 is 11.7 Å². The molecule has 0 spiro atoms. The lowest BCUT2D eigenvalue weighted by molar-refractivity contribution is -0.115. The van der Waals surface area contributed by atoms with E-state index in [1.165, 1.54) is 11.1 Å². The highest BCUT2D eigenvalue weighted by molar-refractivity contribution is 5.92. The van der Waals surface area contributed by atoms with E-state index in [1.807, 2.05) is 36.0 Å². The number of ether oxygens (including phenoxy) is 2. The molecule has 1 aromatic heterocycles. The van der Waals surface area contributed by atoms with Gasteiger partial charge in [-0.25, -0.2) is 4.68 Å². The molecule has 2 aromatic carbocycles. The number of hydrogen-bond donors (Lipinski definition) is 1. The van der Waals surface area contributed by atoms with Gasteiger partial charge in [0.1, 0.15) is 19.0 Å². The van der Waals surface area contributed by atoms with Crippen molar-refractivity contribution in [2.75, 3.05) is 18.5 Å². The highest BCUT2D eigenvalue weighted by Gasteiger charge is 2.25. The van der Waals surface area contributed by atoms with Crippen molar-refractivity contribution in [2.24, 2.45) is 0 Å². The second-order valence-corrected chi connectivity index (χ2v) is 7.93. The van der Waals surface area contributed by atoms with Gasteiger partial charge >= 0.3 is 0 Å². The van der Waals surface area contributed by atoms with E-state index in [-0.39, 0.29) is 18.4 Å². The largest absolute Gasteiger partial charge is 0.486 e. The Kier molecular flexibility index (Phi) is 4.91. The van der Waals surface area contributed by atoms with Crippen LogP contribution in [0.2, 0.25) is 0 Å². The average molecular weight is 403 g/mol. The van der Waals surface area contributed by atoms with Crippen LogP contribution in [0, 0.1) is 6.92 Å². The summed E-state index contributed by atoms with van der Waals surface area (Å²) in [5.41, 5.74) is 4.53. The number of anilines is 1. The first kappa shape index (κ1) is 18.7. The third kappa shape index (κ3) is 3.54. The Balaban J connectivity index is 1.36. The van der Waals surface area contributed by atoms with Crippen LogP contribution < -0.4 is 14.8 Å². The molecule has 6 nitrogen and oxygen atoms in total. The highest BCUT2D eigenvalue weighted by Crippen LogP contribution is 2.35. The standard InChI is InChI=1S/C24H25N3O3/c1-16-15-25-27(20-8-4-6-18-5-2-3-7-19(18)20)24(16)26-23(28)14-17-9-10-21-22(13-17)30-12-11-29-21/h2-3,5,7,9-10,13,15,20H,4,6,8,11-12,14H2,1H3,(H,26,28). The molecule has 1 aliphatic carbocycles. The Bertz CT molecular complexity index is 1090. The number of carbonyl (C=O) groups excluding carboxylic acids is 1. The van der Waals surface area contributed by atoms with Crippen LogP contribution in [-0.2, 0) is 17.6 Å². The molecule has 1 N–H and O–H groups in total. The topological polar surface area (TPSA) is 65.4 Å². The summed E-state index contributed by atoms with van der Waals surface area (Å²) in [4.78, 5) is 12.9. The molecule has 2 heterocycles. The summed E-state index contributed by atoms with van der Waals surface area (Å²) in [6.07, 6.45) is 5.33. The molecule has 0 fully saturated rings. The smallest absolute Gasteiger partial charge is 0.229 e. The van der Waals surface area contributed by atoms with Gasteiger partial charge in [-0.2, -0.15) is 5.10 Å². The first-order chi connectivity index (χ1) is 14.7. The average Bonchev–Trinajstić information content (AvgIpc) is 3.13. The molecule has 1 unspecified atom stereocenters. The Morgan fingerprint density at radius 1 is 1.17 bits per heavy atom. The van der Waals surface area contributed by atoms with Crippen molar-refractivity contribution in [2.45, 2.75) is 38.6 Å². The minimum atomic E-state index is -0.0689. The maximum absolute atomic E-state index is 12.9. The van der Waals surface area contributed by atoms with Gasteiger partial charge in [-0.05, 0) is 55.0 Å². The molecule has 0 saturated heterocycles. The zero-order valence-electron chi connectivity index (χ0n) is 17.1. The van der Waals surface area contributed by atoms with E-state index in [0.29, 0.717) is 19.0 Å². The van der Waals surface area contributed by atoms with E-state index in [9.17, 15) is 4.79 Å². The zero-order chi connectivity index (χ0) is 20.5. The van der Waals surface area contributed by atoms with Gasteiger partial charge < -0.3 is 14.8 Å². The van der Waals surface area contributed by atoms with Crippen LogP contribution >= 0.6 is 0 Å². The van der Waals surface area contributed by atoms with Crippen molar-refractivity contribution < 1.29 is 14.3 Å². The summed E-state index contributed by atoms with van der Waals surface area (Å²) in [7, 11) is 0. The van der Waals surface area contributed by atoms with Gasteiger partial charge in [0.2, 0.25) is 5.91 Å². The Morgan fingerprint density at radius 2 is 2.00 bits per heavy atom. The lowest BCUT2D eigenvalue weighted by Gasteiger charge is -2.27. The predicted molar refractivity (Wildman–Crippen MR) is 114 cm³/mol. The molecule has 1 amide bonds. The Labute approximate surface area is 175 Å². The molecule has 3 aromatic rings. The molecule has 0 saturated carbocycles. The number of aryl methyl sites for hydroxylation is 2. The van der Waals surface area contributed by atoms with Gasteiger partial charge in [-0.1, -0.05) is 30.3 Å². The molecule has 30 heavy (non-hydrogen) atoms. The normalized spacial score (nSPS) is 17.3. The molecular formula is C24H25N3O3. The first-order valence-electron chi connectivity index (χ1n) is 10.5. The zero-order valence-corrected chi connectivity index (χ0v) is 17.1. The lowest BCUT2D eigenvalue weighted by atomic mass is 9.88. The van der Waals surface area contributed by atoms with Crippen LogP contribution in [0.4, 0.5) is 5.82 Å². The minimum absolute atomic E-state index is 0.0689. The monoisotopic (exact) mass is 403 g/mol. The summed E-state index contributed by atoms with van der Waals surface area (Å²) in [5.74, 6) is 2.14. The molecule has 6 heteroatoms. The van der Waals surface area contributed by atoms with Crippen LogP contribution in [0.25, 0.3) is 0 Å². The van der Waals surface area contributed by atoms with E-state index < -0.39 is 0 Å². The fourth-order valence-corrected chi connectivity index (χ4v) is 4.38. The van der Waals surface area contributed by atoms with Crippen LogP contribution in [0.5, 0.6) is 11.5 Å². The predicted octanol–water partition coefficient (Wildman–Crippen LogP) is 4.07. The molecule has 154 valence electrons. The summed E-state index contributed by atoms with van der Waals surface area (Å²) in [6, 6.07) is 14.3. The van der Waals surface area contributed by atoms with Crippen LogP contribution in [0.3, 0.4) is 0 Å². The van der Waals surface area contributed by atoms with Crippen molar-refractivity contribution in [1.29, 1.82) is 0 Å². The highest BCUT2D eigenvalue weighted by atomic mass is 16.6. The van der Waals surface area contributed by atoms with E-state index in [1.54, 1.807) is 0 Å². The third-order valence-corrected chi connectivity index (χ3v) is 5.84. The van der Waals surface area contributed by atoms with E-state index in [4.69, 9.17) is 9.47 Å². The van der Waals surface area contributed by atoms with Crippen LogP contribution in [0.1, 0.15) is 41.1 Å². The molecule has 0 radical (unpaired) electrons. The number of nitrogens with zero attached hydrogens (tertiary/aromatic N) is 2. The number of rotatable bonds is 4. The second-order valence-electron chi connectivity index (χ2n) is 7.93.